The number of nitrogens with zero attached hydrogens (tertiary/aromatic N) is 2. The summed E-state index contributed by atoms with van der Waals surface area (Å²) in [5.41, 5.74) is 0.723. The van der Waals surface area contributed by atoms with Gasteiger partial charge in [0.2, 0.25) is 5.91 Å². The number of hydrogen-bond donors (Lipinski definition) is 0. The molecule has 0 radical (unpaired) electrons. The van der Waals surface area contributed by atoms with Crippen molar-refractivity contribution < 1.29 is 27.5 Å². The summed E-state index contributed by atoms with van der Waals surface area (Å²) in [5, 5.41) is 0. The average molecular weight is 423 g/mol. The van der Waals surface area contributed by atoms with Gasteiger partial charge in [0.1, 0.15) is 0 Å². The van der Waals surface area contributed by atoms with Gasteiger partial charge in [-0.1, -0.05) is 19.1 Å². The first-order valence-corrected chi connectivity index (χ1v) is 11.7. The third-order valence-electron chi connectivity index (χ3n) is 5.25. The third kappa shape index (κ3) is 4.95. The van der Waals surface area contributed by atoms with E-state index in [9.17, 15) is 22.8 Å². The number of rotatable bonds is 7. The summed E-state index contributed by atoms with van der Waals surface area (Å²) in [7, 11) is -3.13. The van der Waals surface area contributed by atoms with E-state index in [2.05, 4.69) is 0 Å². The van der Waals surface area contributed by atoms with Crippen molar-refractivity contribution in [3.8, 4) is 0 Å². The third-order valence-corrected chi connectivity index (χ3v) is 7.00. The number of para-hydroxylation sites is 1. The minimum absolute atomic E-state index is 0.0436. The first-order valence-electron chi connectivity index (χ1n) is 9.89. The summed E-state index contributed by atoms with van der Waals surface area (Å²) >= 11 is 0. The van der Waals surface area contributed by atoms with Crippen LogP contribution >= 0.6 is 0 Å². The first kappa shape index (κ1) is 21.3. The van der Waals surface area contributed by atoms with E-state index in [-0.39, 0.29) is 29.0 Å². The summed E-state index contributed by atoms with van der Waals surface area (Å²) in [5.74, 6) is -1.10. The molecule has 0 spiro atoms. The van der Waals surface area contributed by atoms with Gasteiger partial charge in [-0.25, -0.2) is 13.2 Å². The zero-order valence-electron chi connectivity index (χ0n) is 16.5. The molecule has 0 unspecified atom stereocenters. The fraction of sp³-hybridized carbons (Fsp3) is 0.550. The molecule has 8 nitrogen and oxygen atoms in total. The number of hydrogen-bond acceptors (Lipinski definition) is 6. The fourth-order valence-corrected chi connectivity index (χ4v) is 5.58. The van der Waals surface area contributed by atoms with Crippen molar-refractivity contribution in [3.05, 3.63) is 29.8 Å². The lowest BCUT2D eigenvalue weighted by molar-refractivity contribution is -0.136. The molecule has 0 N–H and O–H groups in total. The van der Waals surface area contributed by atoms with Crippen LogP contribution in [-0.4, -0.2) is 68.3 Å². The Morgan fingerprint density at radius 3 is 2.66 bits per heavy atom. The Bertz CT molecular complexity index is 898. The van der Waals surface area contributed by atoms with Gasteiger partial charge in [0, 0.05) is 25.6 Å². The van der Waals surface area contributed by atoms with Crippen LogP contribution in [0.4, 0.5) is 5.69 Å². The summed E-state index contributed by atoms with van der Waals surface area (Å²) < 4.78 is 28.8. The van der Waals surface area contributed by atoms with E-state index in [4.69, 9.17) is 4.74 Å². The molecule has 0 bridgehead atoms. The molecule has 2 saturated heterocycles. The van der Waals surface area contributed by atoms with E-state index >= 15 is 0 Å². The zero-order chi connectivity index (χ0) is 21.0. The smallest absolute Gasteiger partial charge is 0.340 e. The van der Waals surface area contributed by atoms with Crippen LogP contribution in [0, 0.1) is 0 Å². The quantitative estimate of drug-likeness (QED) is 0.616. The second-order valence-corrected chi connectivity index (χ2v) is 9.61. The molecule has 1 aromatic rings. The second-order valence-electron chi connectivity index (χ2n) is 7.39. The molecule has 29 heavy (non-hydrogen) atoms. The number of carbonyl (C=O) groups excluding carboxylic acids is 3. The molecule has 158 valence electrons. The van der Waals surface area contributed by atoms with Crippen LogP contribution in [0.3, 0.4) is 0 Å². The fourth-order valence-electron chi connectivity index (χ4n) is 3.85. The summed E-state index contributed by atoms with van der Waals surface area (Å²) in [6, 6.07) is 6.30. The number of esters is 1. The van der Waals surface area contributed by atoms with Gasteiger partial charge >= 0.3 is 5.97 Å². The van der Waals surface area contributed by atoms with Crippen LogP contribution in [0.1, 0.15) is 43.0 Å². The van der Waals surface area contributed by atoms with Gasteiger partial charge in [-0.2, -0.15) is 0 Å². The Kier molecular flexibility index (Phi) is 6.56. The SMILES string of the molecule is CCCN(C(=O)COC(=O)c1ccccc1N1CCCC1=O)[C@@H]1CCS(=O)(=O)C1. The predicted molar refractivity (Wildman–Crippen MR) is 107 cm³/mol. The Hall–Kier alpha value is -2.42. The lowest BCUT2D eigenvalue weighted by atomic mass is 10.1. The molecule has 0 saturated carbocycles. The molecule has 1 aromatic carbocycles. The van der Waals surface area contributed by atoms with Gasteiger partial charge in [-0.3, -0.25) is 9.59 Å². The zero-order valence-corrected chi connectivity index (χ0v) is 17.3. The van der Waals surface area contributed by atoms with Gasteiger partial charge in [0.25, 0.3) is 5.91 Å². The number of ether oxygens (including phenoxy) is 1. The van der Waals surface area contributed by atoms with Gasteiger partial charge in [0.15, 0.2) is 16.4 Å². The lowest BCUT2D eigenvalue weighted by Gasteiger charge is -2.27. The van der Waals surface area contributed by atoms with Crippen molar-refractivity contribution in [3.63, 3.8) is 0 Å². The number of anilines is 1. The van der Waals surface area contributed by atoms with E-state index in [1.807, 2.05) is 6.92 Å². The van der Waals surface area contributed by atoms with Gasteiger partial charge < -0.3 is 14.5 Å². The highest BCUT2D eigenvalue weighted by molar-refractivity contribution is 7.91. The van der Waals surface area contributed by atoms with E-state index < -0.39 is 28.3 Å². The molecular weight excluding hydrogens is 396 g/mol. The molecule has 2 aliphatic rings. The van der Waals surface area contributed by atoms with Crippen LogP contribution in [-0.2, 0) is 24.2 Å². The normalized spacial score (nSPS) is 20.7. The topological polar surface area (TPSA) is 101 Å². The molecule has 0 aromatic heterocycles. The highest BCUT2D eigenvalue weighted by atomic mass is 32.2. The number of amides is 2. The molecule has 2 fully saturated rings. The summed E-state index contributed by atoms with van der Waals surface area (Å²) in [4.78, 5) is 40.4. The number of benzene rings is 1. The van der Waals surface area contributed by atoms with Gasteiger partial charge in [0.05, 0.1) is 22.8 Å². The van der Waals surface area contributed by atoms with Crippen LogP contribution in [0.15, 0.2) is 24.3 Å². The largest absolute Gasteiger partial charge is 0.452 e. The maximum Gasteiger partial charge on any atom is 0.340 e. The van der Waals surface area contributed by atoms with Crippen molar-refractivity contribution >= 4 is 33.3 Å². The van der Waals surface area contributed by atoms with Crippen molar-refractivity contribution in [1.29, 1.82) is 0 Å². The van der Waals surface area contributed by atoms with E-state index in [0.29, 0.717) is 38.0 Å². The highest BCUT2D eigenvalue weighted by Gasteiger charge is 2.34. The van der Waals surface area contributed by atoms with Crippen LogP contribution in [0.5, 0.6) is 0 Å². The molecule has 1 atom stereocenters. The Balaban J connectivity index is 1.67. The molecule has 2 heterocycles. The molecule has 2 amide bonds. The van der Waals surface area contributed by atoms with Crippen molar-refractivity contribution in [2.45, 2.75) is 38.6 Å². The van der Waals surface area contributed by atoms with Crippen LogP contribution < -0.4 is 4.90 Å². The van der Waals surface area contributed by atoms with Crippen LogP contribution in [0.25, 0.3) is 0 Å². The second kappa shape index (κ2) is 8.94. The minimum atomic E-state index is -3.13. The summed E-state index contributed by atoms with van der Waals surface area (Å²) in [6.45, 7) is 2.40. The van der Waals surface area contributed by atoms with Gasteiger partial charge in [-0.15, -0.1) is 0 Å². The van der Waals surface area contributed by atoms with E-state index in [1.165, 1.54) is 4.90 Å². The number of sulfone groups is 1. The minimum Gasteiger partial charge on any atom is -0.452 e. The Labute approximate surface area is 170 Å². The highest BCUT2D eigenvalue weighted by Crippen LogP contribution is 2.26. The van der Waals surface area contributed by atoms with Crippen LogP contribution in [0.2, 0.25) is 0 Å². The van der Waals surface area contributed by atoms with E-state index in [0.717, 1.165) is 6.42 Å². The lowest BCUT2D eigenvalue weighted by Crippen LogP contribution is -2.43. The van der Waals surface area contributed by atoms with Crippen molar-refractivity contribution in [2.75, 3.05) is 36.1 Å². The summed E-state index contributed by atoms with van der Waals surface area (Å²) in [6.07, 6.45) is 2.26. The van der Waals surface area contributed by atoms with Crippen molar-refractivity contribution in [2.24, 2.45) is 0 Å². The molecule has 9 heteroatoms. The van der Waals surface area contributed by atoms with E-state index in [1.54, 1.807) is 29.2 Å². The average Bonchev–Trinajstić information content (AvgIpc) is 3.28. The predicted octanol–water partition coefficient (Wildman–Crippen LogP) is 1.40. The monoisotopic (exact) mass is 422 g/mol. The van der Waals surface area contributed by atoms with Crippen molar-refractivity contribution in [1.82, 2.24) is 4.90 Å². The first-order chi connectivity index (χ1) is 13.8. The van der Waals surface area contributed by atoms with Gasteiger partial charge in [-0.05, 0) is 31.4 Å². The number of carbonyl (C=O) groups is 3. The molecule has 3 rings (SSSR count). The molecular formula is C20H26N2O6S. The Morgan fingerprint density at radius 2 is 2.03 bits per heavy atom. The molecule has 2 aliphatic heterocycles. The molecule has 0 aliphatic carbocycles. The maximum atomic E-state index is 12.6. The standard InChI is InChI=1S/C20H26N2O6S/c1-2-10-21(15-9-12-29(26,27)14-15)19(24)13-28-20(25)16-6-3-4-7-17(16)22-11-5-8-18(22)23/h3-4,6-7,15H,2,5,8-14H2,1H3/t15-/m1/s1. The maximum absolute atomic E-state index is 12.6. The Morgan fingerprint density at radius 1 is 1.28 bits per heavy atom.